The van der Waals surface area contributed by atoms with Gasteiger partial charge in [0.05, 0.1) is 17.3 Å². The summed E-state index contributed by atoms with van der Waals surface area (Å²) >= 11 is 3.26. The fourth-order valence-corrected chi connectivity index (χ4v) is 3.33. The summed E-state index contributed by atoms with van der Waals surface area (Å²) in [5.74, 6) is 0.224. The van der Waals surface area contributed by atoms with Crippen molar-refractivity contribution in [3.63, 3.8) is 0 Å². The summed E-state index contributed by atoms with van der Waals surface area (Å²) in [7, 11) is -3.87. The molecule has 21 heavy (non-hydrogen) atoms. The summed E-state index contributed by atoms with van der Waals surface area (Å²) in [6.07, 6.45) is 1.49. The van der Waals surface area contributed by atoms with Gasteiger partial charge in [0.25, 0.3) is 10.0 Å². The molecule has 1 heterocycles. The Bertz CT molecular complexity index is 844. The molecular weight excluding hydrogens is 356 g/mol. The molecule has 6 nitrogen and oxygen atoms in total. The number of hydrogen-bond donors (Lipinski definition) is 2. The number of nitriles is 1. The van der Waals surface area contributed by atoms with Gasteiger partial charge >= 0.3 is 0 Å². The first kappa shape index (κ1) is 15.3. The van der Waals surface area contributed by atoms with Crippen LogP contribution in [0.25, 0.3) is 0 Å². The molecule has 2 rings (SSSR count). The quantitative estimate of drug-likeness (QED) is 0.810. The van der Waals surface area contributed by atoms with Crippen molar-refractivity contribution < 1.29 is 8.42 Å². The fourth-order valence-electron chi connectivity index (χ4n) is 1.69. The molecule has 8 heteroatoms. The van der Waals surface area contributed by atoms with Crippen molar-refractivity contribution in [2.75, 3.05) is 10.5 Å². The van der Waals surface area contributed by atoms with Gasteiger partial charge in [-0.25, -0.2) is 13.4 Å². The van der Waals surface area contributed by atoms with Gasteiger partial charge in [-0.05, 0) is 52.7 Å². The van der Waals surface area contributed by atoms with Crippen LogP contribution in [0.15, 0.2) is 39.8 Å². The van der Waals surface area contributed by atoms with Crippen LogP contribution in [0.2, 0.25) is 0 Å². The molecule has 0 saturated heterocycles. The van der Waals surface area contributed by atoms with E-state index in [9.17, 15) is 8.42 Å². The molecule has 0 saturated carbocycles. The van der Waals surface area contributed by atoms with Crippen molar-refractivity contribution in [1.29, 1.82) is 5.26 Å². The molecule has 0 unspecified atom stereocenters. The van der Waals surface area contributed by atoms with Gasteiger partial charge in [-0.1, -0.05) is 0 Å². The number of nitrogens with one attached hydrogen (secondary N) is 1. The van der Waals surface area contributed by atoms with E-state index in [0.29, 0.717) is 11.1 Å². The smallest absolute Gasteiger partial charge is 0.265 e. The Morgan fingerprint density at radius 2 is 2.10 bits per heavy atom. The third-order valence-electron chi connectivity index (χ3n) is 2.70. The second kappa shape index (κ2) is 5.71. The Balaban J connectivity index is 2.41. The zero-order chi connectivity index (χ0) is 15.6. The second-order valence-electron chi connectivity index (χ2n) is 4.29. The van der Waals surface area contributed by atoms with E-state index in [1.54, 1.807) is 13.0 Å². The molecule has 0 spiro atoms. The van der Waals surface area contributed by atoms with Crippen molar-refractivity contribution in [3.8, 4) is 6.07 Å². The number of benzene rings is 1. The summed E-state index contributed by atoms with van der Waals surface area (Å²) in [5.41, 5.74) is 6.67. The van der Waals surface area contributed by atoms with Crippen LogP contribution in [0.5, 0.6) is 0 Å². The molecule has 0 aliphatic carbocycles. The van der Waals surface area contributed by atoms with E-state index in [2.05, 4.69) is 25.6 Å². The first-order valence-corrected chi connectivity index (χ1v) is 8.05. The van der Waals surface area contributed by atoms with Crippen molar-refractivity contribution >= 4 is 37.5 Å². The highest BCUT2D eigenvalue weighted by Gasteiger charge is 2.19. The minimum atomic E-state index is -3.87. The number of rotatable bonds is 3. The van der Waals surface area contributed by atoms with Gasteiger partial charge < -0.3 is 5.73 Å². The highest BCUT2D eigenvalue weighted by atomic mass is 79.9. The zero-order valence-corrected chi connectivity index (χ0v) is 13.4. The topological polar surface area (TPSA) is 109 Å². The van der Waals surface area contributed by atoms with Gasteiger partial charge in [0, 0.05) is 10.7 Å². The Kier molecular flexibility index (Phi) is 4.16. The molecule has 3 N–H and O–H groups in total. The predicted octanol–water partition coefficient (Wildman–Crippen LogP) is 2.41. The van der Waals surface area contributed by atoms with Gasteiger partial charge in [-0.3, -0.25) is 4.72 Å². The number of pyridine rings is 1. The van der Waals surface area contributed by atoms with Gasteiger partial charge in [-0.15, -0.1) is 0 Å². The largest absolute Gasteiger partial charge is 0.398 e. The van der Waals surface area contributed by atoms with Gasteiger partial charge in [0.2, 0.25) is 0 Å². The van der Waals surface area contributed by atoms with Crippen LogP contribution in [0.3, 0.4) is 0 Å². The maximum absolute atomic E-state index is 12.3. The SMILES string of the molecule is Cc1cc(Br)cnc1NS(=O)(=O)c1ccc(C#N)cc1N. The molecule has 0 aliphatic heterocycles. The van der Waals surface area contributed by atoms with E-state index in [4.69, 9.17) is 11.0 Å². The molecule has 1 aromatic carbocycles. The molecule has 0 fully saturated rings. The molecule has 2 aromatic rings. The van der Waals surface area contributed by atoms with Crippen LogP contribution >= 0.6 is 15.9 Å². The molecule has 0 bridgehead atoms. The molecule has 0 radical (unpaired) electrons. The lowest BCUT2D eigenvalue weighted by Crippen LogP contribution is -2.16. The predicted molar refractivity (Wildman–Crippen MR) is 83.1 cm³/mol. The molecule has 0 amide bonds. The number of halogens is 1. The highest BCUT2D eigenvalue weighted by molar-refractivity contribution is 9.10. The van der Waals surface area contributed by atoms with Crippen LogP contribution in [-0.4, -0.2) is 13.4 Å². The summed E-state index contributed by atoms with van der Waals surface area (Å²) in [6, 6.07) is 7.65. The van der Waals surface area contributed by atoms with E-state index in [1.807, 2.05) is 6.07 Å². The number of nitrogens with zero attached hydrogens (tertiary/aromatic N) is 2. The van der Waals surface area contributed by atoms with Crippen LogP contribution in [0.1, 0.15) is 11.1 Å². The van der Waals surface area contributed by atoms with Gasteiger partial charge in [-0.2, -0.15) is 5.26 Å². The number of nitrogen functional groups attached to an aromatic ring is 1. The maximum Gasteiger partial charge on any atom is 0.265 e. The van der Waals surface area contributed by atoms with Crippen LogP contribution in [0, 0.1) is 18.3 Å². The minimum Gasteiger partial charge on any atom is -0.398 e. The number of sulfonamides is 1. The molecule has 108 valence electrons. The van der Waals surface area contributed by atoms with Gasteiger partial charge in [0.1, 0.15) is 10.7 Å². The van der Waals surface area contributed by atoms with Crippen molar-refractivity contribution in [2.24, 2.45) is 0 Å². The van der Waals surface area contributed by atoms with E-state index >= 15 is 0 Å². The zero-order valence-electron chi connectivity index (χ0n) is 11.0. The van der Waals surface area contributed by atoms with Crippen molar-refractivity contribution in [3.05, 3.63) is 46.1 Å². The summed E-state index contributed by atoms with van der Waals surface area (Å²) < 4.78 is 27.8. The average Bonchev–Trinajstić information content (AvgIpc) is 2.41. The minimum absolute atomic E-state index is 0.0105. The highest BCUT2D eigenvalue weighted by Crippen LogP contribution is 2.24. The van der Waals surface area contributed by atoms with Crippen LogP contribution < -0.4 is 10.5 Å². The monoisotopic (exact) mass is 366 g/mol. The van der Waals surface area contributed by atoms with E-state index in [0.717, 1.165) is 4.47 Å². The Morgan fingerprint density at radius 1 is 1.38 bits per heavy atom. The van der Waals surface area contributed by atoms with Crippen LogP contribution in [0.4, 0.5) is 11.5 Å². The normalized spacial score (nSPS) is 10.9. The third kappa shape index (κ3) is 3.32. The van der Waals surface area contributed by atoms with E-state index < -0.39 is 10.0 Å². The lowest BCUT2D eigenvalue weighted by Gasteiger charge is -2.11. The number of nitrogens with two attached hydrogens (primary N) is 1. The number of anilines is 2. The Morgan fingerprint density at radius 3 is 2.67 bits per heavy atom. The number of aromatic nitrogens is 1. The number of aryl methyl sites for hydroxylation is 1. The first-order valence-electron chi connectivity index (χ1n) is 5.78. The average molecular weight is 367 g/mol. The lowest BCUT2D eigenvalue weighted by molar-refractivity contribution is 0.601. The van der Waals surface area contributed by atoms with Gasteiger partial charge in [0.15, 0.2) is 0 Å². The van der Waals surface area contributed by atoms with E-state index in [1.165, 1.54) is 24.4 Å². The van der Waals surface area contributed by atoms with Crippen LogP contribution in [-0.2, 0) is 10.0 Å². The maximum atomic E-state index is 12.3. The summed E-state index contributed by atoms with van der Waals surface area (Å²) in [4.78, 5) is 3.93. The Labute approximate surface area is 130 Å². The lowest BCUT2D eigenvalue weighted by atomic mass is 10.2. The fraction of sp³-hybridized carbons (Fsp3) is 0.0769. The van der Waals surface area contributed by atoms with Crippen molar-refractivity contribution in [2.45, 2.75) is 11.8 Å². The molecule has 1 aromatic heterocycles. The van der Waals surface area contributed by atoms with E-state index in [-0.39, 0.29) is 16.4 Å². The molecule has 0 aliphatic rings. The first-order chi connectivity index (χ1) is 9.83. The third-order valence-corrected chi connectivity index (χ3v) is 4.55. The summed E-state index contributed by atoms with van der Waals surface area (Å²) in [6.45, 7) is 1.73. The number of hydrogen-bond acceptors (Lipinski definition) is 5. The standard InChI is InChI=1S/C13H11BrN4O2S/c1-8-4-10(14)7-17-13(8)18-21(19,20)12-3-2-9(6-15)5-11(12)16/h2-5,7H,16H2,1H3,(H,17,18). The Hall–Kier alpha value is -2.11. The summed E-state index contributed by atoms with van der Waals surface area (Å²) in [5, 5.41) is 8.77. The van der Waals surface area contributed by atoms with Crippen molar-refractivity contribution in [1.82, 2.24) is 4.98 Å². The molecule has 0 atom stereocenters. The molecular formula is C13H11BrN4O2S. The second-order valence-corrected chi connectivity index (χ2v) is 6.86.